The lowest BCUT2D eigenvalue weighted by atomic mass is 9.98. The molecule has 1 unspecified atom stereocenters. The van der Waals surface area contributed by atoms with E-state index in [1.807, 2.05) is 0 Å². The number of aldehydes is 1. The van der Waals surface area contributed by atoms with Crippen molar-refractivity contribution in [3.63, 3.8) is 0 Å². The van der Waals surface area contributed by atoms with E-state index in [0.29, 0.717) is 25.7 Å². The molecule has 0 amide bonds. The highest BCUT2D eigenvalue weighted by Gasteiger charge is 2.13. The second kappa shape index (κ2) is 7.00. The van der Waals surface area contributed by atoms with Crippen molar-refractivity contribution >= 4 is 6.29 Å². The number of allylic oxidation sites excluding steroid dienone is 1. The quantitative estimate of drug-likeness (QED) is 0.259. The third-order valence-electron chi connectivity index (χ3n) is 1.79. The summed E-state index contributed by atoms with van der Waals surface area (Å²) in [6, 6.07) is 0. The van der Waals surface area contributed by atoms with E-state index in [-0.39, 0.29) is 5.92 Å². The van der Waals surface area contributed by atoms with Gasteiger partial charge in [-0.2, -0.15) is 0 Å². The summed E-state index contributed by atoms with van der Waals surface area (Å²) in [6.07, 6.45) is 3.63. The zero-order valence-electron chi connectivity index (χ0n) is 7.15. The van der Waals surface area contributed by atoms with Gasteiger partial charge in [0.25, 0.3) is 0 Å². The van der Waals surface area contributed by atoms with Crippen molar-refractivity contribution in [2.45, 2.75) is 32.0 Å². The van der Waals surface area contributed by atoms with Crippen LogP contribution < -0.4 is 0 Å². The molecule has 0 aromatic carbocycles. The van der Waals surface area contributed by atoms with Gasteiger partial charge < -0.3 is 15.0 Å². The lowest BCUT2D eigenvalue weighted by Gasteiger charge is -2.15. The van der Waals surface area contributed by atoms with Crippen LogP contribution in [0.3, 0.4) is 0 Å². The monoisotopic (exact) mass is 172 g/mol. The first-order chi connectivity index (χ1) is 5.72. The van der Waals surface area contributed by atoms with E-state index >= 15 is 0 Å². The van der Waals surface area contributed by atoms with E-state index in [0.717, 1.165) is 6.29 Å². The summed E-state index contributed by atoms with van der Waals surface area (Å²) in [4.78, 5) is 9.97. The number of unbranched alkanes of at least 4 members (excludes halogenated alkanes) is 1. The van der Waals surface area contributed by atoms with E-state index < -0.39 is 6.29 Å². The minimum Gasteiger partial charge on any atom is -0.368 e. The molecule has 0 rings (SSSR count). The van der Waals surface area contributed by atoms with Gasteiger partial charge in [0, 0.05) is 12.3 Å². The number of carbonyl (C=O) groups is 1. The minimum absolute atomic E-state index is 0.178. The lowest BCUT2D eigenvalue weighted by molar-refractivity contribution is -0.108. The average Bonchev–Trinajstić information content (AvgIpc) is 2.03. The van der Waals surface area contributed by atoms with Crippen LogP contribution >= 0.6 is 0 Å². The molecular formula is C9H16O3. The highest BCUT2D eigenvalue weighted by atomic mass is 16.5. The molecular weight excluding hydrogens is 156 g/mol. The van der Waals surface area contributed by atoms with Gasteiger partial charge in [0.1, 0.15) is 6.29 Å². The Hall–Kier alpha value is -0.670. The van der Waals surface area contributed by atoms with Crippen molar-refractivity contribution in [3.8, 4) is 0 Å². The van der Waals surface area contributed by atoms with Crippen LogP contribution in [0.25, 0.3) is 0 Å². The summed E-state index contributed by atoms with van der Waals surface area (Å²) < 4.78 is 0. The van der Waals surface area contributed by atoms with E-state index in [4.69, 9.17) is 10.2 Å². The summed E-state index contributed by atoms with van der Waals surface area (Å²) in [5.41, 5.74) is 0. The third-order valence-corrected chi connectivity index (χ3v) is 1.79. The number of rotatable bonds is 7. The molecule has 0 aliphatic heterocycles. The fraction of sp³-hybridized carbons (Fsp3) is 0.667. The van der Waals surface area contributed by atoms with Gasteiger partial charge in [0.05, 0.1) is 0 Å². The van der Waals surface area contributed by atoms with Crippen LogP contribution in [0.2, 0.25) is 0 Å². The van der Waals surface area contributed by atoms with Crippen LogP contribution in [0.1, 0.15) is 25.7 Å². The molecule has 3 heteroatoms. The smallest absolute Gasteiger partial charge is 0.154 e. The Morgan fingerprint density at radius 2 is 2.08 bits per heavy atom. The number of aliphatic hydroxyl groups is 2. The summed E-state index contributed by atoms with van der Waals surface area (Å²) >= 11 is 0. The Kier molecular flexibility index (Phi) is 6.61. The number of carbonyl (C=O) groups excluding carboxylic acids is 1. The van der Waals surface area contributed by atoms with Crippen LogP contribution in [0.4, 0.5) is 0 Å². The van der Waals surface area contributed by atoms with Crippen LogP contribution in [0, 0.1) is 5.92 Å². The van der Waals surface area contributed by atoms with E-state index in [1.165, 1.54) is 0 Å². The van der Waals surface area contributed by atoms with E-state index in [9.17, 15) is 4.79 Å². The van der Waals surface area contributed by atoms with Crippen molar-refractivity contribution in [2.75, 3.05) is 0 Å². The second-order valence-corrected chi connectivity index (χ2v) is 2.80. The maximum absolute atomic E-state index is 9.97. The van der Waals surface area contributed by atoms with Gasteiger partial charge in [-0.25, -0.2) is 0 Å². The first kappa shape index (κ1) is 11.3. The molecule has 0 saturated heterocycles. The van der Waals surface area contributed by atoms with Gasteiger partial charge >= 0.3 is 0 Å². The van der Waals surface area contributed by atoms with Crippen molar-refractivity contribution in [2.24, 2.45) is 5.92 Å². The fourth-order valence-corrected chi connectivity index (χ4v) is 1.07. The average molecular weight is 172 g/mol. The predicted molar refractivity (Wildman–Crippen MR) is 46.4 cm³/mol. The Bertz CT molecular complexity index is 132. The molecule has 0 aromatic rings. The van der Waals surface area contributed by atoms with Gasteiger partial charge in [-0.1, -0.05) is 6.08 Å². The number of hydrogen-bond donors (Lipinski definition) is 2. The van der Waals surface area contributed by atoms with Crippen molar-refractivity contribution in [3.05, 3.63) is 12.7 Å². The van der Waals surface area contributed by atoms with Crippen LogP contribution in [-0.2, 0) is 4.79 Å². The lowest BCUT2D eigenvalue weighted by Crippen LogP contribution is -2.18. The molecule has 0 aliphatic carbocycles. The molecule has 0 aliphatic rings. The van der Waals surface area contributed by atoms with E-state index in [1.54, 1.807) is 6.08 Å². The zero-order chi connectivity index (χ0) is 9.40. The highest BCUT2D eigenvalue weighted by molar-refractivity contribution is 5.48. The maximum atomic E-state index is 9.97. The van der Waals surface area contributed by atoms with Crippen molar-refractivity contribution < 1.29 is 15.0 Å². The van der Waals surface area contributed by atoms with Crippen LogP contribution in [0.15, 0.2) is 12.7 Å². The molecule has 0 bridgehead atoms. The van der Waals surface area contributed by atoms with Crippen molar-refractivity contribution in [1.82, 2.24) is 0 Å². The molecule has 0 heterocycles. The van der Waals surface area contributed by atoms with Gasteiger partial charge in [-0.3, -0.25) is 0 Å². The zero-order valence-corrected chi connectivity index (χ0v) is 7.15. The van der Waals surface area contributed by atoms with Gasteiger partial charge in [0.2, 0.25) is 0 Å². The number of aliphatic hydroxyl groups excluding tert-OH is 1. The van der Waals surface area contributed by atoms with Gasteiger partial charge in [-0.15, -0.1) is 6.58 Å². The summed E-state index contributed by atoms with van der Waals surface area (Å²) in [6.45, 7) is 3.52. The highest BCUT2D eigenvalue weighted by Crippen LogP contribution is 2.15. The molecule has 0 radical (unpaired) electrons. The van der Waals surface area contributed by atoms with Gasteiger partial charge in [0.15, 0.2) is 6.29 Å². The van der Waals surface area contributed by atoms with Crippen molar-refractivity contribution in [1.29, 1.82) is 0 Å². The van der Waals surface area contributed by atoms with Crippen LogP contribution in [-0.4, -0.2) is 22.8 Å². The SMILES string of the molecule is C=CCC(CCCC=O)C(O)O. The first-order valence-electron chi connectivity index (χ1n) is 4.13. The maximum Gasteiger partial charge on any atom is 0.154 e. The summed E-state index contributed by atoms with van der Waals surface area (Å²) in [5, 5.41) is 17.7. The van der Waals surface area contributed by atoms with Gasteiger partial charge in [-0.05, 0) is 19.3 Å². The van der Waals surface area contributed by atoms with Crippen LogP contribution in [0.5, 0.6) is 0 Å². The summed E-state index contributed by atoms with van der Waals surface area (Å²) in [7, 11) is 0. The summed E-state index contributed by atoms with van der Waals surface area (Å²) in [5.74, 6) is -0.178. The number of hydrogen-bond acceptors (Lipinski definition) is 3. The predicted octanol–water partition coefficient (Wildman–Crippen LogP) is 0.859. The molecule has 0 fully saturated rings. The Morgan fingerprint density at radius 3 is 2.50 bits per heavy atom. The standard InChI is InChI=1S/C9H16O3/c1-2-5-8(9(11)12)6-3-4-7-10/h2,7-9,11-12H,1,3-6H2. The third kappa shape index (κ3) is 5.04. The molecule has 3 nitrogen and oxygen atoms in total. The molecule has 0 saturated carbocycles. The minimum atomic E-state index is -1.30. The molecule has 12 heavy (non-hydrogen) atoms. The molecule has 2 N–H and O–H groups in total. The molecule has 1 atom stereocenters. The Labute approximate surface area is 72.7 Å². The normalized spacial score (nSPS) is 12.9. The molecule has 70 valence electrons. The molecule has 0 spiro atoms. The van der Waals surface area contributed by atoms with E-state index in [2.05, 4.69) is 6.58 Å². The Morgan fingerprint density at radius 1 is 1.42 bits per heavy atom. The first-order valence-corrected chi connectivity index (χ1v) is 4.13. The molecule has 0 aromatic heterocycles. The fourth-order valence-electron chi connectivity index (χ4n) is 1.07. The second-order valence-electron chi connectivity index (χ2n) is 2.80. The largest absolute Gasteiger partial charge is 0.368 e. The Balaban J connectivity index is 3.62. The topological polar surface area (TPSA) is 57.5 Å².